The topological polar surface area (TPSA) is 57.9 Å². The van der Waals surface area contributed by atoms with Crippen LogP contribution in [0.15, 0.2) is 60.1 Å². The van der Waals surface area contributed by atoms with Crippen LogP contribution < -0.4 is 10.1 Å². The van der Waals surface area contributed by atoms with E-state index in [2.05, 4.69) is 16.4 Å². The van der Waals surface area contributed by atoms with Gasteiger partial charge in [0.05, 0.1) is 23.5 Å². The van der Waals surface area contributed by atoms with Crippen molar-refractivity contribution < 1.29 is 4.74 Å². The van der Waals surface area contributed by atoms with Gasteiger partial charge in [-0.25, -0.2) is 4.98 Å². The van der Waals surface area contributed by atoms with Gasteiger partial charge in [-0.05, 0) is 36.4 Å². The lowest BCUT2D eigenvalue weighted by Gasteiger charge is -2.03. The highest BCUT2D eigenvalue weighted by atomic mass is 35.5. The molecule has 6 heteroatoms. The fraction of sp³-hybridized carbons (Fsp3) is 0.0526. The highest BCUT2D eigenvalue weighted by Gasteiger charge is 2.09. The Hall–Kier alpha value is -2.81. The minimum atomic E-state index is 0.449. The molecule has 0 aliphatic carbocycles. The zero-order valence-corrected chi connectivity index (χ0v) is 14.9. The van der Waals surface area contributed by atoms with Gasteiger partial charge in [0.25, 0.3) is 0 Å². The minimum Gasteiger partial charge on any atom is -0.497 e. The Balaban J connectivity index is 1.82. The molecule has 25 heavy (non-hydrogen) atoms. The molecular weight excluding hydrogens is 354 g/mol. The third kappa shape index (κ3) is 4.00. The van der Waals surface area contributed by atoms with Gasteiger partial charge in [0.1, 0.15) is 22.4 Å². The molecule has 1 heterocycles. The number of nitrogens with zero attached hydrogens (tertiary/aromatic N) is 2. The third-order valence-corrected chi connectivity index (χ3v) is 4.69. The zero-order chi connectivity index (χ0) is 17.6. The van der Waals surface area contributed by atoms with Gasteiger partial charge >= 0.3 is 0 Å². The maximum atomic E-state index is 9.43. The van der Waals surface area contributed by atoms with Crippen LogP contribution >= 0.6 is 22.9 Å². The second-order valence-electron chi connectivity index (χ2n) is 5.06. The number of hydrogen-bond acceptors (Lipinski definition) is 5. The molecule has 0 amide bonds. The normalized spacial score (nSPS) is 11.0. The highest BCUT2D eigenvalue weighted by Crippen LogP contribution is 2.28. The van der Waals surface area contributed by atoms with Crippen molar-refractivity contribution in [2.24, 2.45) is 0 Å². The molecule has 4 nitrogen and oxygen atoms in total. The first-order valence-corrected chi connectivity index (χ1v) is 8.68. The number of methoxy groups -OCH3 is 1. The molecule has 1 aromatic heterocycles. The first-order valence-electron chi connectivity index (χ1n) is 7.43. The maximum absolute atomic E-state index is 9.43. The molecular formula is C19H14ClN3OS. The van der Waals surface area contributed by atoms with Crippen LogP contribution in [0.2, 0.25) is 5.02 Å². The summed E-state index contributed by atoms with van der Waals surface area (Å²) >= 11 is 7.53. The van der Waals surface area contributed by atoms with Crippen molar-refractivity contribution in [2.75, 3.05) is 12.4 Å². The molecule has 0 radical (unpaired) electrons. The van der Waals surface area contributed by atoms with Gasteiger partial charge in [-0.3, -0.25) is 0 Å². The first kappa shape index (κ1) is 17.0. The van der Waals surface area contributed by atoms with Crippen LogP contribution in [0.4, 0.5) is 5.69 Å². The van der Waals surface area contributed by atoms with Crippen LogP contribution in [0.1, 0.15) is 5.01 Å². The first-order chi connectivity index (χ1) is 12.2. The van der Waals surface area contributed by atoms with E-state index in [1.54, 1.807) is 19.4 Å². The summed E-state index contributed by atoms with van der Waals surface area (Å²) in [5.41, 5.74) is 2.98. The number of halogens is 1. The number of allylic oxidation sites excluding steroid dienone is 1. The predicted molar refractivity (Wildman–Crippen MR) is 103 cm³/mol. The Labute approximate surface area is 155 Å². The second kappa shape index (κ2) is 7.84. The summed E-state index contributed by atoms with van der Waals surface area (Å²) in [6, 6.07) is 17.2. The molecule has 1 N–H and O–H groups in total. The number of para-hydroxylation sites is 1. The molecule has 0 bridgehead atoms. The number of benzene rings is 2. The van der Waals surface area contributed by atoms with Crippen LogP contribution in [0.25, 0.3) is 16.8 Å². The average Bonchev–Trinajstić information content (AvgIpc) is 3.14. The van der Waals surface area contributed by atoms with Gasteiger partial charge in [0.2, 0.25) is 0 Å². The Bertz CT molecular complexity index is 942. The van der Waals surface area contributed by atoms with Gasteiger partial charge in [-0.1, -0.05) is 23.7 Å². The summed E-state index contributed by atoms with van der Waals surface area (Å²) in [5, 5.41) is 15.7. The van der Waals surface area contributed by atoms with E-state index in [9.17, 15) is 5.26 Å². The number of thiazole rings is 1. The van der Waals surface area contributed by atoms with Crippen LogP contribution in [-0.2, 0) is 0 Å². The van der Waals surface area contributed by atoms with E-state index >= 15 is 0 Å². The Morgan fingerprint density at radius 3 is 2.68 bits per heavy atom. The third-order valence-electron chi connectivity index (χ3n) is 3.49. The number of hydrogen-bond donors (Lipinski definition) is 1. The molecule has 0 spiro atoms. The smallest absolute Gasteiger partial charge is 0.136 e. The Kier molecular flexibility index (Phi) is 5.34. The largest absolute Gasteiger partial charge is 0.497 e. The Morgan fingerprint density at radius 1 is 1.24 bits per heavy atom. The molecule has 0 saturated heterocycles. The van der Waals surface area contributed by atoms with Crippen LogP contribution in [0, 0.1) is 11.3 Å². The van der Waals surface area contributed by atoms with Crippen LogP contribution in [0.5, 0.6) is 5.75 Å². The summed E-state index contributed by atoms with van der Waals surface area (Å²) in [4.78, 5) is 4.56. The number of nitriles is 1. The van der Waals surface area contributed by atoms with Crippen LogP contribution in [-0.4, -0.2) is 12.1 Å². The molecule has 124 valence electrons. The number of aromatic nitrogens is 1. The number of rotatable bonds is 5. The molecule has 3 rings (SSSR count). The van der Waals surface area contributed by atoms with Crippen molar-refractivity contribution >= 4 is 34.2 Å². The van der Waals surface area contributed by atoms with E-state index < -0.39 is 0 Å². The maximum Gasteiger partial charge on any atom is 0.136 e. The van der Waals surface area contributed by atoms with Crippen molar-refractivity contribution in [3.05, 3.63) is 70.1 Å². The molecule has 0 aliphatic heterocycles. The predicted octanol–water partition coefficient (Wildman–Crippen LogP) is 5.45. The van der Waals surface area contributed by atoms with E-state index in [0.29, 0.717) is 15.6 Å². The summed E-state index contributed by atoms with van der Waals surface area (Å²) in [7, 11) is 1.63. The molecule has 3 aromatic rings. The van der Waals surface area contributed by atoms with Crippen molar-refractivity contribution in [3.8, 4) is 23.1 Å². The summed E-state index contributed by atoms with van der Waals surface area (Å²) < 4.78 is 5.16. The van der Waals surface area contributed by atoms with E-state index in [0.717, 1.165) is 22.7 Å². The molecule has 2 aromatic carbocycles. The SMILES string of the molecule is COc1ccc(-c2csc(C(C#N)=CNc3ccccc3Cl)n2)cc1. The lowest BCUT2D eigenvalue weighted by molar-refractivity contribution is 0.415. The minimum absolute atomic E-state index is 0.449. The fourth-order valence-corrected chi connectivity index (χ4v) is 3.15. The van der Waals surface area contributed by atoms with Gasteiger partial charge in [0.15, 0.2) is 0 Å². The number of anilines is 1. The quantitative estimate of drug-likeness (QED) is 0.609. The zero-order valence-electron chi connectivity index (χ0n) is 13.4. The van der Waals surface area contributed by atoms with Crippen molar-refractivity contribution in [3.63, 3.8) is 0 Å². The molecule has 0 atom stereocenters. The molecule has 0 fully saturated rings. The lowest BCUT2D eigenvalue weighted by Crippen LogP contribution is -1.91. The van der Waals surface area contributed by atoms with E-state index in [1.165, 1.54) is 11.3 Å². The second-order valence-corrected chi connectivity index (χ2v) is 6.33. The highest BCUT2D eigenvalue weighted by molar-refractivity contribution is 7.11. The lowest BCUT2D eigenvalue weighted by atomic mass is 10.2. The summed E-state index contributed by atoms with van der Waals surface area (Å²) in [5.74, 6) is 0.792. The Morgan fingerprint density at radius 2 is 2.00 bits per heavy atom. The summed E-state index contributed by atoms with van der Waals surface area (Å²) in [6.07, 6.45) is 1.62. The molecule has 0 unspecified atom stereocenters. The van der Waals surface area contributed by atoms with Crippen molar-refractivity contribution in [1.29, 1.82) is 5.26 Å². The number of ether oxygens (including phenoxy) is 1. The monoisotopic (exact) mass is 367 g/mol. The molecule has 0 saturated carbocycles. The van der Waals surface area contributed by atoms with Gasteiger partial charge in [0, 0.05) is 17.1 Å². The van der Waals surface area contributed by atoms with Crippen molar-refractivity contribution in [1.82, 2.24) is 4.98 Å². The fourth-order valence-electron chi connectivity index (χ4n) is 2.16. The van der Waals surface area contributed by atoms with E-state index in [4.69, 9.17) is 16.3 Å². The average molecular weight is 368 g/mol. The summed E-state index contributed by atoms with van der Waals surface area (Å²) in [6.45, 7) is 0. The molecule has 0 aliphatic rings. The van der Waals surface area contributed by atoms with Gasteiger partial charge in [-0.15, -0.1) is 11.3 Å². The van der Waals surface area contributed by atoms with E-state index in [1.807, 2.05) is 47.8 Å². The van der Waals surface area contributed by atoms with Gasteiger partial charge in [-0.2, -0.15) is 5.26 Å². The van der Waals surface area contributed by atoms with E-state index in [-0.39, 0.29) is 0 Å². The number of nitrogens with one attached hydrogen (secondary N) is 1. The standard InChI is InChI=1S/C19H14ClN3OS/c1-24-15-8-6-13(7-9-15)18-12-25-19(23-18)14(10-21)11-22-17-5-3-2-4-16(17)20/h2-9,11-12,22H,1H3. The van der Waals surface area contributed by atoms with Crippen molar-refractivity contribution in [2.45, 2.75) is 0 Å². The van der Waals surface area contributed by atoms with Gasteiger partial charge < -0.3 is 10.1 Å². The van der Waals surface area contributed by atoms with Crippen LogP contribution in [0.3, 0.4) is 0 Å².